The molecule has 1 aliphatic heterocycles. The minimum Gasteiger partial charge on any atom is -0.330 e. The monoisotopic (exact) mass is 325 g/mol. The van der Waals surface area contributed by atoms with Crippen LogP contribution in [-0.4, -0.2) is 37.0 Å². The van der Waals surface area contributed by atoms with Crippen molar-refractivity contribution in [3.05, 3.63) is 29.8 Å². The first-order valence-corrected chi connectivity index (χ1v) is 7.91. The van der Waals surface area contributed by atoms with Crippen LogP contribution >= 0.6 is 12.4 Å². The van der Waals surface area contributed by atoms with E-state index in [1.165, 1.54) is 5.56 Å². The summed E-state index contributed by atoms with van der Waals surface area (Å²) in [5, 5.41) is 3.06. The number of piperidine rings is 1. The minimum atomic E-state index is 0. The Morgan fingerprint density at radius 2 is 1.95 bits per heavy atom. The molecule has 22 heavy (non-hydrogen) atoms. The molecule has 124 valence electrons. The molecule has 0 saturated carbocycles. The molecule has 1 aromatic carbocycles. The van der Waals surface area contributed by atoms with Gasteiger partial charge in [0.25, 0.3) is 0 Å². The molecule has 0 aliphatic carbocycles. The Morgan fingerprint density at radius 3 is 2.55 bits per heavy atom. The van der Waals surface area contributed by atoms with Gasteiger partial charge in [0, 0.05) is 5.69 Å². The van der Waals surface area contributed by atoms with Crippen LogP contribution in [0.3, 0.4) is 0 Å². The Bertz CT molecular complexity index is 471. The van der Waals surface area contributed by atoms with Crippen molar-refractivity contribution < 1.29 is 4.79 Å². The Labute approximate surface area is 139 Å². The maximum Gasteiger partial charge on any atom is 0.238 e. The zero-order chi connectivity index (χ0) is 15.2. The highest BCUT2D eigenvalue weighted by Gasteiger charge is 2.20. The lowest BCUT2D eigenvalue weighted by Gasteiger charge is -2.30. The SMILES string of the molecule is CC(C)c1ccccc1NC(=O)CN1CCC(CN)CC1.Cl. The number of halogens is 1. The fraction of sp³-hybridized carbons (Fsp3) is 0.588. The van der Waals surface area contributed by atoms with E-state index in [9.17, 15) is 4.79 Å². The lowest BCUT2D eigenvalue weighted by molar-refractivity contribution is -0.117. The third kappa shape index (κ3) is 5.27. The van der Waals surface area contributed by atoms with Crippen molar-refractivity contribution in [2.24, 2.45) is 11.7 Å². The number of rotatable bonds is 5. The van der Waals surface area contributed by atoms with Crippen molar-refractivity contribution in [3.8, 4) is 0 Å². The highest BCUT2D eigenvalue weighted by Crippen LogP contribution is 2.23. The summed E-state index contributed by atoms with van der Waals surface area (Å²) in [5.74, 6) is 1.11. The summed E-state index contributed by atoms with van der Waals surface area (Å²) in [7, 11) is 0. The van der Waals surface area contributed by atoms with E-state index in [1.54, 1.807) is 0 Å². The first-order chi connectivity index (χ1) is 10.1. The molecule has 1 aliphatic rings. The van der Waals surface area contributed by atoms with E-state index < -0.39 is 0 Å². The Morgan fingerprint density at radius 1 is 1.32 bits per heavy atom. The molecule has 2 rings (SSSR count). The van der Waals surface area contributed by atoms with Gasteiger partial charge in [-0.25, -0.2) is 0 Å². The zero-order valence-corrected chi connectivity index (χ0v) is 14.4. The van der Waals surface area contributed by atoms with Gasteiger partial charge in [-0.15, -0.1) is 12.4 Å². The Hall–Kier alpha value is -1.10. The van der Waals surface area contributed by atoms with E-state index in [-0.39, 0.29) is 18.3 Å². The number of amides is 1. The summed E-state index contributed by atoms with van der Waals surface area (Å²) < 4.78 is 0. The molecule has 1 heterocycles. The predicted molar refractivity (Wildman–Crippen MR) is 94.6 cm³/mol. The van der Waals surface area contributed by atoms with Gasteiger partial charge >= 0.3 is 0 Å². The normalized spacial score (nSPS) is 16.4. The summed E-state index contributed by atoms with van der Waals surface area (Å²) in [4.78, 5) is 14.5. The molecule has 1 amide bonds. The van der Waals surface area contributed by atoms with Crippen molar-refractivity contribution in [2.75, 3.05) is 31.5 Å². The summed E-state index contributed by atoms with van der Waals surface area (Å²) in [6.45, 7) is 7.47. The molecule has 0 aromatic heterocycles. The molecule has 3 N–H and O–H groups in total. The maximum absolute atomic E-state index is 12.2. The van der Waals surface area contributed by atoms with Crippen molar-refractivity contribution in [1.29, 1.82) is 0 Å². The van der Waals surface area contributed by atoms with E-state index in [4.69, 9.17) is 5.73 Å². The van der Waals surface area contributed by atoms with E-state index in [1.807, 2.05) is 18.2 Å². The number of nitrogens with two attached hydrogens (primary N) is 1. The van der Waals surface area contributed by atoms with Crippen LogP contribution in [0.15, 0.2) is 24.3 Å². The molecule has 0 radical (unpaired) electrons. The smallest absolute Gasteiger partial charge is 0.238 e. The van der Waals surface area contributed by atoms with E-state index in [0.29, 0.717) is 18.4 Å². The maximum atomic E-state index is 12.2. The van der Waals surface area contributed by atoms with Crippen molar-refractivity contribution >= 4 is 24.0 Å². The van der Waals surface area contributed by atoms with Crippen LogP contribution < -0.4 is 11.1 Å². The number of para-hydroxylation sites is 1. The molecule has 0 spiro atoms. The fourth-order valence-electron chi connectivity index (χ4n) is 2.89. The van der Waals surface area contributed by atoms with Crippen LogP contribution in [0.5, 0.6) is 0 Å². The van der Waals surface area contributed by atoms with Gasteiger partial charge in [0.05, 0.1) is 6.54 Å². The quantitative estimate of drug-likeness (QED) is 0.875. The van der Waals surface area contributed by atoms with Gasteiger partial charge in [-0.3, -0.25) is 9.69 Å². The molecule has 4 nitrogen and oxygen atoms in total. The number of benzene rings is 1. The zero-order valence-electron chi connectivity index (χ0n) is 13.5. The number of nitrogens with one attached hydrogen (secondary N) is 1. The highest BCUT2D eigenvalue weighted by atomic mass is 35.5. The van der Waals surface area contributed by atoms with Crippen molar-refractivity contribution in [3.63, 3.8) is 0 Å². The second-order valence-corrected chi connectivity index (χ2v) is 6.25. The van der Waals surface area contributed by atoms with Crippen LogP contribution in [0, 0.1) is 5.92 Å². The van der Waals surface area contributed by atoms with Crippen LogP contribution in [0.2, 0.25) is 0 Å². The summed E-state index contributed by atoms with van der Waals surface area (Å²) >= 11 is 0. The van der Waals surface area contributed by atoms with E-state index >= 15 is 0 Å². The number of hydrogen-bond donors (Lipinski definition) is 2. The topological polar surface area (TPSA) is 58.4 Å². The first kappa shape index (κ1) is 18.9. The van der Waals surface area contributed by atoms with Crippen LogP contribution in [-0.2, 0) is 4.79 Å². The van der Waals surface area contributed by atoms with Crippen molar-refractivity contribution in [2.45, 2.75) is 32.6 Å². The minimum absolute atomic E-state index is 0. The number of nitrogens with zero attached hydrogens (tertiary/aromatic N) is 1. The van der Waals surface area contributed by atoms with Gasteiger partial charge < -0.3 is 11.1 Å². The molecule has 1 fully saturated rings. The van der Waals surface area contributed by atoms with Gasteiger partial charge in [-0.2, -0.15) is 0 Å². The molecule has 0 unspecified atom stereocenters. The summed E-state index contributed by atoms with van der Waals surface area (Å²) in [6, 6.07) is 8.04. The van der Waals surface area contributed by atoms with E-state index in [0.717, 1.165) is 38.2 Å². The first-order valence-electron chi connectivity index (χ1n) is 7.91. The number of carbonyl (C=O) groups excluding carboxylic acids is 1. The lowest BCUT2D eigenvalue weighted by atomic mass is 9.97. The van der Waals surface area contributed by atoms with Crippen LogP contribution in [0.1, 0.15) is 38.2 Å². The second-order valence-electron chi connectivity index (χ2n) is 6.25. The molecular weight excluding hydrogens is 298 g/mol. The van der Waals surface area contributed by atoms with Gasteiger partial charge in [-0.1, -0.05) is 32.0 Å². The lowest BCUT2D eigenvalue weighted by Crippen LogP contribution is -2.40. The Kier molecular flexibility index (Phi) is 7.87. The van der Waals surface area contributed by atoms with Gasteiger partial charge in [0.15, 0.2) is 0 Å². The van der Waals surface area contributed by atoms with Gasteiger partial charge in [0.2, 0.25) is 5.91 Å². The second kappa shape index (κ2) is 9.13. The molecular formula is C17H28ClN3O. The van der Waals surface area contributed by atoms with Gasteiger partial charge in [-0.05, 0) is 55.9 Å². The van der Waals surface area contributed by atoms with Crippen LogP contribution in [0.25, 0.3) is 0 Å². The third-order valence-electron chi connectivity index (χ3n) is 4.26. The molecule has 0 bridgehead atoms. The van der Waals surface area contributed by atoms with E-state index in [2.05, 4.69) is 30.1 Å². The molecule has 1 aromatic rings. The number of anilines is 1. The standard InChI is InChI=1S/C17H27N3O.ClH/c1-13(2)15-5-3-4-6-16(15)19-17(21)12-20-9-7-14(11-18)8-10-20;/h3-6,13-14H,7-12,18H2,1-2H3,(H,19,21);1H. The number of likely N-dealkylation sites (tertiary alicyclic amines) is 1. The fourth-order valence-corrected chi connectivity index (χ4v) is 2.89. The largest absolute Gasteiger partial charge is 0.330 e. The molecule has 0 atom stereocenters. The highest BCUT2D eigenvalue weighted by molar-refractivity contribution is 5.93. The number of carbonyl (C=O) groups is 1. The summed E-state index contributed by atoms with van der Waals surface area (Å²) in [6.07, 6.45) is 2.21. The molecule has 1 saturated heterocycles. The average Bonchev–Trinajstić information content (AvgIpc) is 2.48. The summed E-state index contributed by atoms with van der Waals surface area (Å²) in [5.41, 5.74) is 7.83. The number of hydrogen-bond acceptors (Lipinski definition) is 3. The predicted octanol–water partition coefficient (Wildman–Crippen LogP) is 2.84. The van der Waals surface area contributed by atoms with Gasteiger partial charge in [0.1, 0.15) is 0 Å². The van der Waals surface area contributed by atoms with Crippen LogP contribution in [0.4, 0.5) is 5.69 Å². The Balaban J connectivity index is 0.00000242. The van der Waals surface area contributed by atoms with Crippen molar-refractivity contribution in [1.82, 2.24) is 4.90 Å². The average molecular weight is 326 g/mol. The molecule has 5 heteroatoms. The third-order valence-corrected chi connectivity index (χ3v) is 4.26.